The Morgan fingerprint density at radius 2 is 1.23 bits per heavy atom. The van der Waals surface area contributed by atoms with E-state index >= 15 is 0 Å². The van der Waals surface area contributed by atoms with Crippen LogP contribution in [0.3, 0.4) is 0 Å². The van der Waals surface area contributed by atoms with Crippen LogP contribution in [0, 0.1) is 0 Å². The molecule has 0 radical (unpaired) electrons. The van der Waals surface area contributed by atoms with Crippen LogP contribution in [0.2, 0.25) is 0 Å². The molecule has 0 aliphatic carbocycles. The molecule has 0 aliphatic rings. The second kappa shape index (κ2) is 37.3. The minimum atomic E-state index is -4.32. The Balaban J connectivity index is 4.38. The first kappa shape index (κ1) is 50.0. The molecule has 4 atom stereocenters. The average molecular weight is 756 g/mol. The number of carbonyl (C=O) groups excluding carboxylic acids is 1. The van der Waals surface area contributed by atoms with Crippen molar-refractivity contribution in [3.63, 3.8) is 0 Å². The molecule has 0 aliphatic heterocycles. The fourth-order valence-corrected chi connectivity index (χ4v) is 5.90. The van der Waals surface area contributed by atoms with Gasteiger partial charge in [-0.25, -0.2) is 4.57 Å². The van der Waals surface area contributed by atoms with Crippen LogP contribution >= 0.6 is 7.82 Å². The van der Waals surface area contributed by atoms with Crippen LogP contribution in [-0.4, -0.2) is 65.8 Å². The molecule has 1 unspecified atom stereocenters. The summed E-state index contributed by atoms with van der Waals surface area (Å²) in [6, 6.07) is 0. The monoisotopic (exact) mass is 756 g/mol. The molecule has 0 bridgehead atoms. The van der Waals surface area contributed by atoms with E-state index in [0.717, 1.165) is 51.4 Å². The molecule has 5 N–H and O–H groups in total. The lowest BCUT2D eigenvalue weighted by Gasteiger charge is -2.19. The summed E-state index contributed by atoms with van der Waals surface area (Å²) in [5, 5.41) is 20.1. The van der Waals surface area contributed by atoms with Crippen molar-refractivity contribution in [2.75, 3.05) is 26.4 Å². The van der Waals surface area contributed by atoms with E-state index in [9.17, 15) is 24.5 Å². The molecule has 0 spiro atoms. The van der Waals surface area contributed by atoms with Crippen molar-refractivity contribution in [3.05, 3.63) is 60.9 Å². The quantitative estimate of drug-likeness (QED) is 0.0158. The number of hydrogen-bond acceptors (Lipinski definition) is 9. The summed E-state index contributed by atoms with van der Waals surface area (Å²) in [5.41, 5.74) is 5.34. The van der Waals surface area contributed by atoms with Crippen molar-refractivity contribution in [1.82, 2.24) is 0 Å². The Bertz CT molecular complexity index is 1010. The molecule has 11 heteroatoms. The molecule has 0 heterocycles. The zero-order valence-electron chi connectivity index (χ0n) is 32.5. The Morgan fingerprint density at radius 1 is 0.692 bits per heavy atom. The van der Waals surface area contributed by atoms with Crippen LogP contribution in [0.25, 0.3) is 0 Å². The second-order valence-corrected chi connectivity index (χ2v) is 14.7. The molecule has 0 aromatic carbocycles. The first-order valence-corrected chi connectivity index (χ1v) is 21.5. The van der Waals surface area contributed by atoms with Crippen molar-refractivity contribution in [1.29, 1.82) is 0 Å². The van der Waals surface area contributed by atoms with Gasteiger partial charge in [-0.2, -0.15) is 0 Å². The number of ether oxygens (including phenoxy) is 2. The van der Waals surface area contributed by atoms with Gasteiger partial charge in [-0.1, -0.05) is 152 Å². The first-order valence-electron chi connectivity index (χ1n) is 20.0. The number of aliphatic hydroxyl groups excluding tert-OH is 2. The van der Waals surface area contributed by atoms with Crippen molar-refractivity contribution >= 4 is 13.8 Å². The summed E-state index contributed by atoms with van der Waals surface area (Å²) < 4.78 is 32.9. The van der Waals surface area contributed by atoms with Gasteiger partial charge in [0.2, 0.25) is 0 Å². The van der Waals surface area contributed by atoms with Gasteiger partial charge >= 0.3 is 13.8 Å². The maximum Gasteiger partial charge on any atom is 0.472 e. The molecule has 0 saturated carbocycles. The number of nitrogens with two attached hydrogens (primary N) is 1. The van der Waals surface area contributed by atoms with E-state index in [-0.39, 0.29) is 32.8 Å². The molecule has 0 fully saturated rings. The Hall–Kier alpha value is -2.04. The van der Waals surface area contributed by atoms with Crippen LogP contribution in [0.1, 0.15) is 149 Å². The highest BCUT2D eigenvalue weighted by molar-refractivity contribution is 7.47. The van der Waals surface area contributed by atoms with E-state index in [2.05, 4.69) is 13.8 Å². The number of phosphoric acid groups is 1. The Kier molecular flexibility index (Phi) is 35.8. The van der Waals surface area contributed by atoms with Gasteiger partial charge in [-0.15, -0.1) is 0 Å². The third-order valence-corrected chi connectivity index (χ3v) is 9.22. The largest absolute Gasteiger partial charge is 0.492 e. The molecule has 302 valence electrons. The predicted molar refractivity (Wildman–Crippen MR) is 213 cm³/mol. The fraction of sp³-hybridized carbons (Fsp3) is 0.732. The van der Waals surface area contributed by atoms with Gasteiger partial charge in [0.25, 0.3) is 0 Å². The molecular formula is C41H74NO9P. The van der Waals surface area contributed by atoms with Crippen molar-refractivity contribution in [2.45, 2.75) is 167 Å². The van der Waals surface area contributed by atoms with Crippen LogP contribution in [-0.2, 0) is 27.9 Å². The smallest absolute Gasteiger partial charge is 0.472 e. The zero-order chi connectivity index (χ0) is 38.4. The third-order valence-electron chi connectivity index (χ3n) is 8.23. The van der Waals surface area contributed by atoms with Crippen molar-refractivity contribution < 1.29 is 43.0 Å². The van der Waals surface area contributed by atoms with Crippen LogP contribution in [0.4, 0.5) is 0 Å². The molecule has 0 aromatic heterocycles. The Morgan fingerprint density at radius 3 is 1.81 bits per heavy atom. The van der Waals surface area contributed by atoms with Gasteiger partial charge < -0.3 is 30.3 Å². The minimum absolute atomic E-state index is 0.0660. The van der Waals surface area contributed by atoms with Crippen LogP contribution in [0.15, 0.2) is 60.9 Å². The lowest BCUT2D eigenvalue weighted by atomic mass is 10.0. The van der Waals surface area contributed by atoms with Crippen molar-refractivity contribution in [3.8, 4) is 0 Å². The summed E-state index contributed by atoms with van der Waals surface area (Å²) in [7, 11) is -4.32. The summed E-state index contributed by atoms with van der Waals surface area (Å²) >= 11 is 0. The number of rotatable bonds is 37. The number of aliphatic hydroxyl groups is 2. The zero-order valence-corrected chi connectivity index (χ0v) is 33.4. The maximum atomic E-state index is 12.4. The second-order valence-electron chi connectivity index (χ2n) is 13.3. The van der Waals surface area contributed by atoms with Crippen LogP contribution in [0.5, 0.6) is 0 Å². The van der Waals surface area contributed by atoms with E-state index in [4.69, 9.17) is 24.3 Å². The van der Waals surface area contributed by atoms with Gasteiger partial charge in [0.15, 0.2) is 6.10 Å². The Labute approximate surface area is 316 Å². The highest BCUT2D eigenvalue weighted by atomic mass is 31.2. The number of phosphoric ester groups is 1. The highest BCUT2D eigenvalue weighted by Gasteiger charge is 2.24. The summed E-state index contributed by atoms with van der Waals surface area (Å²) in [4.78, 5) is 22.2. The molecule has 0 aromatic rings. The van der Waals surface area contributed by atoms with Crippen molar-refractivity contribution in [2.24, 2.45) is 5.73 Å². The maximum absolute atomic E-state index is 12.4. The lowest BCUT2D eigenvalue weighted by Crippen LogP contribution is -2.25. The molecule has 0 amide bonds. The van der Waals surface area contributed by atoms with Crippen LogP contribution < -0.4 is 5.73 Å². The van der Waals surface area contributed by atoms with E-state index in [1.165, 1.54) is 70.5 Å². The molecule has 52 heavy (non-hydrogen) atoms. The third kappa shape index (κ3) is 36.3. The van der Waals surface area contributed by atoms with Gasteiger partial charge in [0.05, 0.1) is 31.7 Å². The van der Waals surface area contributed by atoms with Gasteiger partial charge in [-0.05, 0) is 44.6 Å². The number of unbranched alkanes of at least 4 members (excludes halogenated alkanes) is 14. The summed E-state index contributed by atoms with van der Waals surface area (Å²) in [5.74, 6) is -0.467. The number of carbonyl (C=O) groups is 1. The topological polar surface area (TPSA) is 158 Å². The molecule has 0 saturated heterocycles. The first-order chi connectivity index (χ1) is 25.2. The average Bonchev–Trinajstić information content (AvgIpc) is 3.12. The molecule has 10 nitrogen and oxygen atoms in total. The van der Waals surface area contributed by atoms with E-state index < -0.39 is 32.1 Å². The van der Waals surface area contributed by atoms with Gasteiger partial charge in [0.1, 0.15) is 6.61 Å². The summed E-state index contributed by atoms with van der Waals surface area (Å²) in [6.45, 7) is 3.83. The van der Waals surface area contributed by atoms with Gasteiger partial charge in [0, 0.05) is 13.0 Å². The van der Waals surface area contributed by atoms with E-state index in [0.29, 0.717) is 12.8 Å². The highest BCUT2D eigenvalue weighted by Crippen LogP contribution is 2.43. The standard InChI is InChI=1S/C41H74NO9P/c1-3-5-7-8-9-10-11-12-13-14-15-19-22-26-34-48-40(37-51-52(46,47)50-35-33-42)36-49-41(45)32-27-31-39(44)30-25-21-18-16-17-20-24-29-38(43)28-23-6-4-2/h17-18,20-21,24-26,29-30,34,38-40,43-44H,3-16,19,22-23,27-28,31-33,35-37,42H2,1-2H3,(H,46,47)/b20-17-,21-18-,29-24+,30-25+,34-26+/t38-,39-,40+/m0/s1. The normalized spacial score (nSPS) is 15.3. The molecule has 0 rings (SSSR count). The molecular weight excluding hydrogens is 681 g/mol. The number of allylic oxidation sites excluding steroid dienone is 7. The lowest BCUT2D eigenvalue weighted by molar-refractivity contribution is -0.147. The SMILES string of the molecule is CCCCCCCCCCCCCC/C=C/O[C@H](COC(=O)CCC[C@@H](O)/C=C/C=C\C/C=C\C=C\[C@@H](O)CCCCC)COP(=O)(O)OCCN. The predicted octanol–water partition coefficient (Wildman–Crippen LogP) is 9.70. The van der Waals surface area contributed by atoms with E-state index in [1.807, 2.05) is 36.5 Å². The van der Waals surface area contributed by atoms with Gasteiger partial charge in [-0.3, -0.25) is 13.8 Å². The minimum Gasteiger partial charge on any atom is -0.492 e. The number of hydrogen-bond donors (Lipinski definition) is 4. The van der Waals surface area contributed by atoms with E-state index in [1.54, 1.807) is 18.2 Å². The number of esters is 1. The fourth-order valence-electron chi connectivity index (χ4n) is 5.13. The summed E-state index contributed by atoms with van der Waals surface area (Å²) in [6.07, 6.45) is 38.3.